The zero-order chi connectivity index (χ0) is 19.9. The van der Waals surface area contributed by atoms with Crippen molar-refractivity contribution in [3.63, 3.8) is 0 Å². The van der Waals surface area contributed by atoms with E-state index in [1.807, 2.05) is 18.2 Å². The molecular weight excluding hydrogens is 360 g/mol. The lowest BCUT2D eigenvalue weighted by Gasteiger charge is -2.23. The molecular formula is C24H29N4O+. The summed E-state index contributed by atoms with van der Waals surface area (Å²) >= 11 is 0. The van der Waals surface area contributed by atoms with E-state index >= 15 is 0 Å². The Balaban J connectivity index is 1.27. The lowest BCUT2D eigenvalue weighted by atomic mass is 10.1. The van der Waals surface area contributed by atoms with E-state index in [4.69, 9.17) is 0 Å². The fraction of sp³-hybridized carbons (Fsp3) is 0.333. The second-order valence-electron chi connectivity index (χ2n) is 7.90. The third kappa shape index (κ3) is 5.55. The summed E-state index contributed by atoms with van der Waals surface area (Å²) in [5.74, 6) is -0.0915. The van der Waals surface area contributed by atoms with Crippen molar-refractivity contribution in [1.29, 1.82) is 0 Å². The lowest BCUT2D eigenvalue weighted by molar-refractivity contribution is -0.918. The van der Waals surface area contributed by atoms with Crippen LogP contribution >= 0.6 is 0 Å². The predicted octanol–water partition coefficient (Wildman–Crippen LogP) is 2.43. The van der Waals surface area contributed by atoms with Crippen LogP contribution < -0.4 is 10.2 Å². The third-order valence-corrected chi connectivity index (χ3v) is 5.57. The van der Waals surface area contributed by atoms with Crippen molar-refractivity contribution in [3.8, 4) is 0 Å². The number of quaternary nitrogens is 1. The van der Waals surface area contributed by atoms with Crippen molar-refractivity contribution in [2.24, 2.45) is 0 Å². The molecule has 1 amide bonds. The quantitative estimate of drug-likeness (QED) is 0.652. The molecule has 0 aliphatic carbocycles. The van der Waals surface area contributed by atoms with E-state index in [9.17, 15) is 4.79 Å². The maximum absolute atomic E-state index is 12.4. The number of carbonyl (C=O) groups excluding carboxylic acids is 1. The maximum atomic E-state index is 12.4. The van der Waals surface area contributed by atoms with Crippen LogP contribution in [0, 0.1) is 0 Å². The normalized spacial score (nSPS) is 14.6. The molecule has 5 nitrogen and oxygen atoms in total. The van der Waals surface area contributed by atoms with E-state index < -0.39 is 0 Å². The van der Waals surface area contributed by atoms with Gasteiger partial charge in [-0.1, -0.05) is 54.6 Å². The molecule has 0 saturated carbocycles. The van der Waals surface area contributed by atoms with Gasteiger partial charge in [-0.2, -0.15) is 5.10 Å². The summed E-state index contributed by atoms with van der Waals surface area (Å²) in [7, 11) is 0. The van der Waals surface area contributed by atoms with Crippen molar-refractivity contribution in [2.75, 3.05) is 13.1 Å². The van der Waals surface area contributed by atoms with Crippen LogP contribution in [0.3, 0.4) is 0 Å². The van der Waals surface area contributed by atoms with E-state index in [2.05, 4.69) is 46.8 Å². The van der Waals surface area contributed by atoms with Crippen molar-refractivity contribution >= 4 is 5.91 Å². The molecule has 1 saturated heterocycles. The Kier molecular flexibility index (Phi) is 6.37. The average molecular weight is 390 g/mol. The highest BCUT2D eigenvalue weighted by Crippen LogP contribution is 2.07. The molecule has 0 spiro atoms. The van der Waals surface area contributed by atoms with Gasteiger partial charge in [0.15, 0.2) is 0 Å². The summed E-state index contributed by atoms with van der Waals surface area (Å²) in [6.07, 6.45) is 7.51. The van der Waals surface area contributed by atoms with Crippen molar-refractivity contribution in [2.45, 2.75) is 38.9 Å². The highest BCUT2D eigenvalue weighted by molar-refractivity contribution is 5.93. The molecule has 1 aliphatic rings. The van der Waals surface area contributed by atoms with Gasteiger partial charge in [-0.15, -0.1) is 0 Å². The molecule has 0 unspecified atom stereocenters. The van der Waals surface area contributed by atoms with Crippen LogP contribution in [0.15, 0.2) is 67.0 Å². The summed E-state index contributed by atoms with van der Waals surface area (Å²) in [6, 6.07) is 18.7. The van der Waals surface area contributed by atoms with E-state index in [1.54, 1.807) is 22.0 Å². The Hall–Kier alpha value is -2.92. The summed E-state index contributed by atoms with van der Waals surface area (Å²) < 4.78 is 1.79. The Morgan fingerprint density at radius 1 is 0.931 bits per heavy atom. The first kappa shape index (κ1) is 19.4. The zero-order valence-electron chi connectivity index (χ0n) is 16.8. The number of hydrogen-bond acceptors (Lipinski definition) is 2. The molecule has 29 heavy (non-hydrogen) atoms. The maximum Gasteiger partial charge on any atom is 0.254 e. The van der Waals surface area contributed by atoms with Gasteiger partial charge in [0.2, 0.25) is 0 Å². The van der Waals surface area contributed by atoms with Crippen LogP contribution in [-0.4, -0.2) is 28.8 Å². The summed E-state index contributed by atoms with van der Waals surface area (Å²) in [5.41, 5.74) is 4.24. The van der Waals surface area contributed by atoms with Crippen molar-refractivity contribution in [3.05, 3.63) is 89.2 Å². The summed E-state index contributed by atoms with van der Waals surface area (Å²) in [4.78, 5) is 14.1. The van der Waals surface area contributed by atoms with Gasteiger partial charge in [0.25, 0.3) is 5.91 Å². The van der Waals surface area contributed by atoms with Crippen LogP contribution in [0.25, 0.3) is 0 Å². The standard InChI is InChI=1S/C24H28N4O/c29-24(23-16-26-28(19-23)18-21-7-3-1-4-8-21)25-15-20-9-11-22(12-10-20)17-27-13-5-2-6-14-27/h1,3-4,7-12,16,19H,2,5-6,13-15,17-18H2,(H,25,29)/p+1. The molecule has 1 fully saturated rings. The highest BCUT2D eigenvalue weighted by atomic mass is 16.1. The van der Waals surface area contributed by atoms with Gasteiger partial charge < -0.3 is 10.2 Å². The second kappa shape index (κ2) is 9.52. The summed E-state index contributed by atoms with van der Waals surface area (Å²) in [5, 5.41) is 7.30. The molecule has 0 bridgehead atoms. The molecule has 1 aliphatic heterocycles. The number of hydrogen-bond donors (Lipinski definition) is 2. The number of benzene rings is 2. The SMILES string of the molecule is O=C(NCc1ccc(C[NH+]2CCCCC2)cc1)c1cnn(Cc2ccccc2)c1. The molecule has 5 heteroatoms. The molecule has 4 rings (SSSR count). The van der Waals surface area contributed by atoms with Gasteiger partial charge in [0, 0.05) is 18.3 Å². The molecule has 0 radical (unpaired) electrons. The molecule has 3 aromatic rings. The number of carbonyl (C=O) groups is 1. The number of aromatic nitrogens is 2. The molecule has 2 aromatic carbocycles. The zero-order valence-corrected chi connectivity index (χ0v) is 16.8. The monoisotopic (exact) mass is 389 g/mol. The Morgan fingerprint density at radius 3 is 2.41 bits per heavy atom. The number of nitrogens with one attached hydrogen (secondary N) is 2. The molecule has 1 aromatic heterocycles. The fourth-order valence-corrected chi connectivity index (χ4v) is 3.91. The van der Waals surface area contributed by atoms with Crippen LogP contribution in [0.2, 0.25) is 0 Å². The van der Waals surface area contributed by atoms with E-state index in [-0.39, 0.29) is 5.91 Å². The van der Waals surface area contributed by atoms with Crippen molar-refractivity contribution in [1.82, 2.24) is 15.1 Å². The van der Waals surface area contributed by atoms with Gasteiger partial charge in [0.05, 0.1) is 31.4 Å². The fourth-order valence-electron chi connectivity index (χ4n) is 3.91. The number of amides is 1. The highest BCUT2D eigenvalue weighted by Gasteiger charge is 2.14. The minimum atomic E-state index is -0.0915. The molecule has 2 heterocycles. The number of likely N-dealkylation sites (tertiary alicyclic amines) is 1. The number of rotatable bonds is 7. The minimum absolute atomic E-state index is 0.0915. The van der Waals surface area contributed by atoms with Gasteiger partial charge in [-0.3, -0.25) is 9.48 Å². The predicted molar refractivity (Wildman–Crippen MR) is 114 cm³/mol. The Morgan fingerprint density at radius 2 is 1.66 bits per heavy atom. The topological polar surface area (TPSA) is 51.4 Å². The first-order valence-electron chi connectivity index (χ1n) is 10.5. The molecule has 150 valence electrons. The van der Waals surface area contributed by atoms with Gasteiger partial charge >= 0.3 is 0 Å². The van der Waals surface area contributed by atoms with Crippen LogP contribution in [0.5, 0.6) is 0 Å². The smallest absolute Gasteiger partial charge is 0.254 e. The molecule has 2 N–H and O–H groups in total. The lowest BCUT2D eigenvalue weighted by Crippen LogP contribution is -3.11. The van der Waals surface area contributed by atoms with Crippen LogP contribution in [0.1, 0.15) is 46.3 Å². The third-order valence-electron chi connectivity index (χ3n) is 5.57. The first-order valence-corrected chi connectivity index (χ1v) is 10.5. The second-order valence-corrected chi connectivity index (χ2v) is 7.90. The van der Waals surface area contributed by atoms with E-state index in [0.717, 1.165) is 17.7 Å². The van der Waals surface area contributed by atoms with Crippen LogP contribution in [0.4, 0.5) is 0 Å². The Bertz CT molecular complexity index is 912. The number of nitrogens with zero attached hydrogens (tertiary/aromatic N) is 2. The molecule has 0 atom stereocenters. The largest absolute Gasteiger partial charge is 0.348 e. The van der Waals surface area contributed by atoms with Crippen molar-refractivity contribution < 1.29 is 9.69 Å². The van der Waals surface area contributed by atoms with Crippen LogP contribution in [-0.2, 0) is 19.6 Å². The Labute approximate surface area is 172 Å². The first-order chi connectivity index (χ1) is 14.3. The summed E-state index contributed by atoms with van der Waals surface area (Å²) in [6.45, 7) is 4.87. The van der Waals surface area contributed by atoms with E-state index in [1.165, 1.54) is 37.9 Å². The number of piperidine rings is 1. The minimum Gasteiger partial charge on any atom is -0.348 e. The van der Waals surface area contributed by atoms with E-state index in [0.29, 0.717) is 18.7 Å². The van der Waals surface area contributed by atoms with Gasteiger partial charge in [0.1, 0.15) is 6.54 Å². The average Bonchev–Trinajstić information content (AvgIpc) is 3.23. The van der Waals surface area contributed by atoms with Gasteiger partial charge in [-0.05, 0) is 30.4 Å². The van der Waals surface area contributed by atoms with Gasteiger partial charge in [-0.25, -0.2) is 0 Å².